The Morgan fingerprint density at radius 2 is 2.43 bits per heavy atom. The summed E-state index contributed by atoms with van der Waals surface area (Å²) in [5.74, 6) is -0.847. The van der Waals surface area contributed by atoms with Crippen molar-refractivity contribution in [2.24, 2.45) is 5.92 Å². The molecule has 0 radical (unpaired) electrons. The standard InChI is InChI=1S/C4H4N2O/c5-1-4(2-6)3-7/h1,3-5H. The molecule has 0 aliphatic rings. The molecule has 0 rings (SSSR count). The third-order valence-corrected chi connectivity index (χ3v) is 0.475. The Morgan fingerprint density at radius 3 is 2.43 bits per heavy atom. The Bertz CT molecular complexity index is 105. The largest absolute Gasteiger partial charge is 0.311 e. The first-order valence-electron chi connectivity index (χ1n) is 1.70. The zero-order valence-corrected chi connectivity index (χ0v) is 3.59. The highest BCUT2D eigenvalue weighted by Crippen LogP contribution is 1.77. The van der Waals surface area contributed by atoms with Crippen LogP contribution in [0.2, 0.25) is 0 Å². The lowest BCUT2D eigenvalue weighted by atomic mass is 10.2. The van der Waals surface area contributed by atoms with Crippen molar-refractivity contribution >= 4 is 12.5 Å². The lowest BCUT2D eigenvalue weighted by Gasteiger charge is -1.78. The minimum atomic E-state index is -0.847. The summed E-state index contributed by atoms with van der Waals surface area (Å²) in [6.07, 6.45) is 1.22. The van der Waals surface area contributed by atoms with Crippen molar-refractivity contribution in [3.05, 3.63) is 0 Å². The summed E-state index contributed by atoms with van der Waals surface area (Å²) in [4.78, 5) is 9.59. The van der Waals surface area contributed by atoms with Crippen molar-refractivity contribution < 1.29 is 4.79 Å². The SMILES string of the molecule is N#CC(C=N)C=O. The van der Waals surface area contributed by atoms with Crippen LogP contribution in [0.15, 0.2) is 0 Å². The molecule has 0 saturated carbocycles. The fourth-order valence-electron chi connectivity index (χ4n) is 0.107. The van der Waals surface area contributed by atoms with Gasteiger partial charge >= 0.3 is 0 Å². The van der Waals surface area contributed by atoms with Crippen LogP contribution in [0.5, 0.6) is 0 Å². The van der Waals surface area contributed by atoms with Gasteiger partial charge in [0, 0.05) is 6.21 Å². The number of carbonyl (C=O) groups is 1. The van der Waals surface area contributed by atoms with E-state index >= 15 is 0 Å². The van der Waals surface area contributed by atoms with Gasteiger partial charge in [0.1, 0.15) is 12.2 Å². The second-order valence-electron chi connectivity index (χ2n) is 0.958. The Kier molecular flexibility index (Phi) is 2.53. The van der Waals surface area contributed by atoms with Gasteiger partial charge in [0.25, 0.3) is 0 Å². The van der Waals surface area contributed by atoms with E-state index in [0.29, 0.717) is 6.29 Å². The Labute approximate surface area is 41.1 Å². The van der Waals surface area contributed by atoms with Crippen molar-refractivity contribution in [2.45, 2.75) is 0 Å². The molecule has 0 heterocycles. The fourth-order valence-corrected chi connectivity index (χ4v) is 0.107. The van der Waals surface area contributed by atoms with Gasteiger partial charge in [0.15, 0.2) is 0 Å². The molecule has 0 amide bonds. The van der Waals surface area contributed by atoms with Gasteiger partial charge in [-0.2, -0.15) is 5.26 Å². The van der Waals surface area contributed by atoms with Crippen LogP contribution in [-0.4, -0.2) is 12.5 Å². The maximum absolute atomic E-state index is 9.59. The number of nitrogens with zero attached hydrogens (tertiary/aromatic N) is 1. The van der Waals surface area contributed by atoms with E-state index in [-0.39, 0.29) is 0 Å². The van der Waals surface area contributed by atoms with Crippen molar-refractivity contribution in [3.8, 4) is 6.07 Å². The predicted molar refractivity (Wildman–Crippen MR) is 24.0 cm³/mol. The average Bonchev–Trinajstić information content (AvgIpc) is 1.72. The average molecular weight is 96.1 g/mol. The van der Waals surface area contributed by atoms with Crippen LogP contribution in [0.25, 0.3) is 0 Å². The summed E-state index contributed by atoms with van der Waals surface area (Å²) in [6.45, 7) is 0. The van der Waals surface area contributed by atoms with E-state index in [1.807, 2.05) is 0 Å². The number of rotatable bonds is 2. The number of aldehydes is 1. The predicted octanol–water partition coefficient (Wildman–Crippen LogP) is -0.0253. The third-order valence-electron chi connectivity index (χ3n) is 0.475. The van der Waals surface area contributed by atoms with E-state index < -0.39 is 5.92 Å². The molecule has 0 bridgehead atoms. The smallest absolute Gasteiger partial charge is 0.142 e. The van der Waals surface area contributed by atoms with Crippen LogP contribution in [0.3, 0.4) is 0 Å². The first-order valence-corrected chi connectivity index (χ1v) is 1.70. The molecule has 0 aliphatic heterocycles. The maximum atomic E-state index is 9.59. The van der Waals surface area contributed by atoms with E-state index in [0.717, 1.165) is 6.21 Å². The topological polar surface area (TPSA) is 64.7 Å². The second kappa shape index (κ2) is 3.04. The van der Waals surface area contributed by atoms with Gasteiger partial charge in [-0.1, -0.05) is 0 Å². The summed E-state index contributed by atoms with van der Waals surface area (Å²) < 4.78 is 0. The zero-order valence-electron chi connectivity index (χ0n) is 3.59. The van der Waals surface area contributed by atoms with Gasteiger partial charge in [-0.15, -0.1) is 0 Å². The number of hydrogen-bond donors (Lipinski definition) is 1. The summed E-state index contributed by atoms with van der Waals surface area (Å²) in [5.41, 5.74) is 0. The number of hydrogen-bond acceptors (Lipinski definition) is 3. The summed E-state index contributed by atoms with van der Waals surface area (Å²) in [5, 5.41) is 14.3. The quantitative estimate of drug-likeness (QED) is 0.387. The molecule has 0 saturated heterocycles. The molecule has 1 atom stereocenters. The highest BCUT2D eigenvalue weighted by atomic mass is 16.1. The molecule has 1 N–H and O–H groups in total. The Morgan fingerprint density at radius 1 is 1.86 bits per heavy atom. The van der Waals surface area contributed by atoms with Crippen LogP contribution < -0.4 is 0 Å². The molecule has 0 aromatic rings. The summed E-state index contributed by atoms with van der Waals surface area (Å²) >= 11 is 0. The van der Waals surface area contributed by atoms with Crippen molar-refractivity contribution in [1.29, 1.82) is 10.7 Å². The van der Waals surface area contributed by atoms with Gasteiger partial charge in [-0.25, -0.2) is 0 Å². The zero-order chi connectivity index (χ0) is 5.70. The van der Waals surface area contributed by atoms with Gasteiger partial charge in [-0.3, -0.25) is 0 Å². The minimum Gasteiger partial charge on any atom is -0.311 e. The lowest BCUT2D eigenvalue weighted by Crippen LogP contribution is -1.96. The highest BCUT2D eigenvalue weighted by molar-refractivity contribution is 5.82. The Balaban J connectivity index is 3.65. The van der Waals surface area contributed by atoms with Crippen molar-refractivity contribution in [1.82, 2.24) is 0 Å². The lowest BCUT2D eigenvalue weighted by molar-refractivity contribution is -0.108. The van der Waals surface area contributed by atoms with E-state index in [1.54, 1.807) is 6.07 Å². The van der Waals surface area contributed by atoms with Gasteiger partial charge in [0.05, 0.1) is 6.07 Å². The van der Waals surface area contributed by atoms with E-state index in [4.69, 9.17) is 10.7 Å². The summed E-state index contributed by atoms with van der Waals surface area (Å²) in [6, 6.07) is 1.59. The fraction of sp³-hybridized carbons (Fsp3) is 0.250. The first-order chi connectivity index (χ1) is 3.35. The molecule has 0 aliphatic carbocycles. The molecule has 3 heteroatoms. The van der Waals surface area contributed by atoms with Crippen LogP contribution in [-0.2, 0) is 4.79 Å². The van der Waals surface area contributed by atoms with Crippen LogP contribution in [0, 0.1) is 22.7 Å². The molecule has 0 aromatic carbocycles. The first kappa shape index (κ1) is 5.83. The number of carbonyl (C=O) groups excluding carboxylic acids is 1. The normalized spacial score (nSPS) is 11.3. The Hall–Kier alpha value is -1.17. The molecular weight excluding hydrogens is 92.1 g/mol. The highest BCUT2D eigenvalue weighted by Gasteiger charge is 1.95. The molecular formula is C4H4N2O. The van der Waals surface area contributed by atoms with Gasteiger partial charge < -0.3 is 10.2 Å². The molecule has 0 spiro atoms. The number of nitriles is 1. The third kappa shape index (κ3) is 1.66. The van der Waals surface area contributed by atoms with Crippen LogP contribution in [0.4, 0.5) is 0 Å². The molecule has 0 fully saturated rings. The molecule has 0 aromatic heterocycles. The van der Waals surface area contributed by atoms with E-state index in [9.17, 15) is 4.79 Å². The summed E-state index contributed by atoms with van der Waals surface area (Å²) in [7, 11) is 0. The van der Waals surface area contributed by atoms with Crippen LogP contribution >= 0.6 is 0 Å². The van der Waals surface area contributed by atoms with Gasteiger partial charge in [-0.05, 0) is 0 Å². The number of nitrogens with one attached hydrogen (secondary N) is 1. The van der Waals surface area contributed by atoms with E-state index in [1.165, 1.54) is 0 Å². The second-order valence-corrected chi connectivity index (χ2v) is 0.958. The molecule has 36 valence electrons. The maximum Gasteiger partial charge on any atom is 0.142 e. The minimum absolute atomic E-state index is 0.424. The van der Waals surface area contributed by atoms with Gasteiger partial charge in [0.2, 0.25) is 0 Å². The monoisotopic (exact) mass is 96.0 g/mol. The molecule has 3 nitrogen and oxygen atoms in total. The van der Waals surface area contributed by atoms with Crippen molar-refractivity contribution in [3.63, 3.8) is 0 Å². The molecule has 1 unspecified atom stereocenters. The molecule has 7 heavy (non-hydrogen) atoms. The van der Waals surface area contributed by atoms with E-state index in [2.05, 4.69) is 0 Å². The van der Waals surface area contributed by atoms with Crippen molar-refractivity contribution in [2.75, 3.05) is 0 Å². The van der Waals surface area contributed by atoms with Crippen LogP contribution in [0.1, 0.15) is 0 Å².